The average Bonchev–Trinajstić information content (AvgIpc) is 2.47. The van der Waals surface area contributed by atoms with Crippen molar-refractivity contribution in [1.82, 2.24) is 0 Å². The largest absolute Gasteiger partial charge is 0.231 e. The lowest BCUT2D eigenvalue weighted by atomic mass is 10.1. The molecule has 3 rings (SSSR count). The van der Waals surface area contributed by atoms with E-state index in [1.54, 1.807) is 0 Å². The first-order valence-electron chi connectivity index (χ1n) is 6.55. The highest BCUT2D eigenvalue weighted by Gasteiger charge is 2.17. The van der Waals surface area contributed by atoms with Crippen molar-refractivity contribution >= 4 is 27.4 Å². The minimum Gasteiger partial charge on any atom is -0.193 e. The smallest absolute Gasteiger partial charge is 0.193 e. The number of pyridine rings is 1. The number of aromatic nitrogens is 1. The van der Waals surface area contributed by atoms with Crippen molar-refractivity contribution in [2.24, 2.45) is 0 Å². The number of halogens is 1. The normalized spacial score (nSPS) is 10.7. The molecular weight excluding hydrogens is 266 g/mol. The highest BCUT2D eigenvalue weighted by Crippen LogP contribution is 2.23. The van der Waals surface area contributed by atoms with E-state index in [9.17, 15) is 0 Å². The quantitative estimate of drug-likeness (QED) is 0.627. The van der Waals surface area contributed by atoms with Crippen LogP contribution in [0.1, 0.15) is 11.3 Å². The molecule has 0 aliphatic rings. The molecule has 0 N–H and O–H groups in total. The second-order valence-electron chi connectivity index (χ2n) is 4.77. The first-order valence-corrected chi connectivity index (χ1v) is 6.93. The first-order chi connectivity index (χ1) is 9.75. The van der Waals surface area contributed by atoms with Gasteiger partial charge in [-0.25, -0.2) is 0 Å². The molecule has 0 radical (unpaired) electrons. The molecule has 1 aromatic heterocycles. The lowest BCUT2D eigenvalue weighted by Gasteiger charge is -2.06. The summed E-state index contributed by atoms with van der Waals surface area (Å²) in [6.45, 7) is 4.71. The van der Waals surface area contributed by atoms with E-state index in [0.717, 1.165) is 17.6 Å². The van der Waals surface area contributed by atoms with Crippen LogP contribution in [0.2, 0.25) is 0 Å². The number of fused-ring (bicyclic) bond motifs is 1. The van der Waals surface area contributed by atoms with Crippen LogP contribution in [0, 0.1) is 0 Å². The number of hydrogen-bond acceptors (Lipinski definition) is 0. The Hall–Kier alpha value is -2.12. The highest BCUT2D eigenvalue weighted by atomic mass is 35.5. The minimum atomic E-state index is 0.567. The zero-order valence-corrected chi connectivity index (χ0v) is 11.8. The van der Waals surface area contributed by atoms with Crippen LogP contribution in [0.5, 0.6) is 0 Å². The number of hydrogen-bond donors (Lipinski definition) is 0. The molecule has 0 amide bonds. The Morgan fingerprint density at radius 1 is 0.950 bits per heavy atom. The van der Waals surface area contributed by atoms with Crippen LogP contribution < -0.4 is 4.57 Å². The third kappa shape index (κ3) is 2.45. The van der Waals surface area contributed by atoms with E-state index < -0.39 is 0 Å². The predicted molar refractivity (Wildman–Crippen MR) is 84.6 cm³/mol. The maximum atomic E-state index is 6.24. The molecule has 20 heavy (non-hydrogen) atoms. The van der Waals surface area contributed by atoms with Gasteiger partial charge in [-0.3, -0.25) is 0 Å². The molecule has 0 unspecified atom stereocenters. The van der Waals surface area contributed by atoms with Crippen molar-refractivity contribution in [2.75, 3.05) is 0 Å². The topological polar surface area (TPSA) is 3.88 Å². The molecule has 0 atom stereocenters. The van der Waals surface area contributed by atoms with Crippen molar-refractivity contribution in [2.45, 2.75) is 6.54 Å². The summed E-state index contributed by atoms with van der Waals surface area (Å²) >= 11 is 6.24. The molecule has 3 aromatic rings. The fourth-order valence-corrected chi connectivity index (χ4v) is 2.68. The van der Waals surface area contributed by atoms with E-state index in [4.69, 9.17) is 11.6 Å². The van der Waals surface area contributed by atoms with Crippen LogP contribution in [-0.2, 0) is 6.54 Å². The molecule has 0 spiro atoms. The summed E-state index contributed by atoms with van der Waals surface area (Å²) in [5.74, 6) is 0. The summed E-state index contributed by atoms with van der Waals surface area (Å²) in [4.78, 5) is 0. The molecule has 0 saturated carbocycles. The van der Waals surface area contributed by atoms with Crippen LogP contribution >= 0.6 is 11.6 Å². The van der Waals surface area contributed by atoms with Gasteiger partial charge in [0.15, 0.2) is 12.7 Å². The van der Waals surface area contributed by atoms with E-state index in [1.807, 2.05) is 30.3 Å². The van der Waals surface area contributed by atoms with Gasteiger partial charge in [0, 0.05) is 11.6 Å². The summed E-state index contributed by atoms with van der Waals surface area (Å²) in [5, 5.41) is 2.87. The number of benzene rings is 2. The summed E-state index contributed by atoms with van der Waals surface area (Å²) < 4.78 is 2.15. The van der Waals surface area contributed by atoms with Gasteiger partial charge in [-0.2, -0.15) is 4.57 Å². The highest BCUT2D eigenvalue weighted by molar-refractivity contribution is 6.48. The lowest BCUT2D eigenvalue weighted by molar-refractivity contribution is -0.688. The lowest BCUT2D eigenvalue weighted by Crippen LogP contribution is -2.38. The zero-order valence-electron chi connectivity index (χ0n) is 11.1. The SMILES string of the molecule is C=C(Cl)c1c2ccccc2cc[n+]1Cc1ccccc1. The van der Waals surface area contributed by atoms with Gasteiger partial charge in [0.1, 0.15) is 5.03 Å². The molecule has 2 heteroatoms. The van der Waals surface area contributed by atoms with Crippen LogP contribution in [0.15, 0.2) is 73.4 Å². The molecular formula is C18H15ClN+. The van der Waals surface area contributed by atoms with Gasteiger partial charge in [-0.1, -0.05) is 66.7 Å². The standard InChI is InChI=1S/C18H15ClN/c1-14(19)18-17-10-6-5-9-16(17)11-12-20(18)13-15-7-3-2-4-8-15/h2-12H,1,13H2/q+1. The Balaban J connectivity index is 2.15. The van der Waals surface area contributed by atoms with E-state index in [2.05, 4.69) is 47.7 Å². The molecule has 1 heterocycles. The van der Waals surface area contributed by atoms with Crippen LogP contribution in [0.25, 0.3) is 15.8 Å². The van der Waals surface area contributed by atoms with Gasteiger partial charge in [-0.15, -0.1) is 0 Å². The van der Waals surface area contributed by atoms with Crippen molar-refractivity contribution in [3.8, 4) is 0 Å². The molecule has 1 nitrogen and oxygen atoms in total. The number of nitrogens with zero attached hydrogens (tertiary/aromatic N) is 1. The van der Waals surface area contributed by atoms with E-state index in [1.165, 1.54) is 10.9 Å². The maximum absolute atomic E-state index is 6.24. The fraction of sp³-hybridized carbons (Fsp3) is 0.0556. The Morgan fingerprint density at radius 3 is 2.40 bits per heavy atom. The first kappa shape index (κ1) is 12.9. The molecule has 2 aromatic carbocycles. The van der Waals surface area contributed by atoms with Crippen molar-refractivity contribution in [1.29, 1.82) is 0 Å². The summed E-state index contributed by atoms with van der Waals surface area (Å²) in [7, 11) is 0. The Bertz CT molecular complexity index is 763. The predicted octanol–water partition coefficient (Wildman–Crippen LogP) is 4.39. The van der Waals surface area contributed by atoms with Crippen molar-refractivity contribution in [3.63, 3.8) is 0 Å². The molecule has 0 bridgehead atoms. The summed E-state index contributed by atoms with van der Waals surface area (Å²) in [6.07, 6.45) is 2.07. The van der Waals surface area contributed by atoms with E-state index in [0.29, 0.717) is 5.03 Å². The second kappa shape index (κ2) is 5.48. The van der Waals surface area contributed by atoms with Crippen LogP contribution in [0.3, 0.4) is 0 Å². The molecule has 0 fully saturated rings. The van der Waals surface area contributed by atoms with Crippen LogP contribution in [0.4, 0.5) is 0 Å². The second-order valence-corrected chi connectivity index (χ2v) is 5.23. The zero-order chi connectivity index (χ0) is 13.9. The van der Waals surface area contributed by atoms with Gasteiger partial charge in [0.2, 0.25) is 5.69 Å². The van der Waals surface area contributed by atoms with Crippen LogP contribution in [-0.4, -0.2) is 0 Å². The summed E-state index contributed by atoms with van der Waals surface area (Å²) in [6, 6.07) is 20.7. The molecule has 0 aliphatic heterocycles. The number of rotatable bonds is 3. The molecule has 98 valence electrons. The monoisotopic (exact) mass is 280 g/mol. The van der Waals surface area contributed by atoms with Gasteiger partial charge in [-0.05, 0) is 11.5 Å². The molecule has 0 saturated heterocycles. The van der Waals surface area contributed by atoms with Crippen molar-refractivity contribution < 1.29 is 4.57 Å². The van der Waals surface area contributed by atoms with E-state index in [-0.39, 0.29) is 0 Å². The third-order valence-electron chi connectivity index (χ3n) is 3.39. The Labute approximate surface area is 123 Å². The average molecular weight is 281 g/mol. The van der Waals surface area contributed by atoms with Gasteiger partial charge in [0.25, 0.3) is 0 Å². The maximum Gasteiger partial charge on any atom is 0.231 e. The summed E-state index contributed by atoms with van der Waals surface area (Å²) in [5.41, 5.74) is 2.22. The third-order valence-corrected chi connectivity index (χ3v) is 3.57. The van der Waals surface area contributed by atoms with Crippen molar-refractivity contribution in [3.05, 3.63) is 84.7 Å². The fourth-order valence-electron chi connectivity index (χ4n) is 2.47. The Kier molecular flexibility index (Phi) is 3.53. The van der Waals surface area contributed by atoms with Gasteiger partial charge in [0.05, 0.1) is 5.39 Å². The molecule has 0 aliphatic carbocycles. The minimum absolute atomic E-state index is 0.567. The van der Waals surface area contributed by atoms with Gasteiger partial charge < -0.3 is 0 Å². The Morgan fingerprint density at radius 2 is 1.65 bits per heavy atom. The van der Waals surface area contributed by atoms with E-state index >= 15 is 0 Å². The van der Waals surface area contributed by atoms with Gasteiger partial charge >= 0.3 is 0 Å².